The second-order valence-corrected chi connectivity index (χ2v) is 12.0. The maximum atomic E-state index is 14.0. The second-order valence-electron chi connectivity index (χ2n) is 9.70. The second kappa shape index (κ2) is 12.2. The van der Waals surface area contributed by atoms with Crippen LogP contribution in [0.3, 0.4) is 0 Å². The van der Waals surface area contributed by atoms with Gasteiger partial charge in [0, 0.05) is 6.54 Å². The molecule has 4 rings (SSSR count). The number of sulfone groups is 1. The molecule has 0 bridgehead atoms. The van der Waals surface area contributed by atoms with Gasteiger partial charge in [-0.05, 0) is 80.0 Å². The lowest BCUT2D eigenvalue weighted by molar-refractivity contribution is 0.261. The summed E-state index contributed by atoms with van der Waals surface area (Å²) in [7, 11) is 0.349. The van der Waals surface area contributed by atoms with Gasteiger partial charge in [-0.25, -0.2) is 8.42 Å². The van der Waals surface area contributed by atoms with Gasteiger partial charge in [-0.2, -0.15) is 0 Å². The first-order chi connectivity index (χ1) is 18.3. The number of ether oxygens (including phenoxy) is 1. The van der Waals surface area contributed by atoms with Crippen LogP contribution in [0.15, 0.2) is 114 Å². The molecular weight excluding hydrogens is 490 g/mol. The van der Waals surface area contributed by atoms with Crippen molar-refractivity contribution < 1.29 is 13.2 Å². The molecule has 196 valence electrons. The lowest BCUT2D eigenvalue weighted by Crippen LogP contribution is -2.21. The summed E-state index contributed by atoms with van der Waals surface area (Å²) >= 11 is 0. The Labute approximate surface area is 227 Å². The van der Waals surface area contributed by atoms with Crippen molar-refractivity contribution in [3.63, 3.8) is 0 Å². The molecule has 1 unspecified atom stereocenters. The van der Waals surface area contributed by atoms with E-state index in [2.05, 4.69) is 4.90 Å². The minimum Gasteiger partial charge on any atom is -0.492 e. The number of hydrogen-bond acceptors (Lipinski definition) is 4. The molecule has 0 saturated heterocycles. The molecule has 0 spiro atoms. The van der Waals surface area contributed by atoms with E-state index >= 15 is 0 Å². The van der Waals surface area contributed by atoms with Crippen molar-refractivity contribution in [2.45, 2.75) is 24.0 Å². The van der Waals surface area contributed by atoms with Crippen LogP contribution >= 0.6 is 0 Å². The highest BCUT2D eigenvalue weighted by Gasteiger charge is 2.30. The zero-order valence-electron chi connectivity index (χ0n) is 22.5. The van der Waals surface area contributed by atoms with E-state index in [0.29, 0.717) is 11.5 Å². The molecule has 1 atom stereocenters. The van der Waals surface area contributed by atoms with E-state index in [4.69, 9.17) is 4.74 Å². The molecule has 0 aliphatic carbocycles. The topological polar surface area (TPSA) is 46.6 Å². The number of likely N-dealkylation sites (N-methyl/N-ethyl adjacent to an activating group) is 1. The van der Waals surface area contributed by atoms with Crippen LogP contribution in [0.4, 0.5) is 0 Å². The van der Waals surface area contributed by atoms with Crippen LogP contribution in [0.2, 0.25) is 0 Å². The maximum absolute atomic E-state index is 14.0. The predicted molar refractivity (Wildman–Crippen MR) is 157 cm³/mol. The van der Waals surface area contributed by atoms with Crippen LogP contribution in [0, 0.1) is 6.92 Å². The zero-order valence-corrected chi connectivity index (χ0v) is 23.3. The number of benzene rings is 4. The van der Waals surface area contributed by atoms with Crippen molar-refractivity contribution in [2.75, 3.05) is 27.2 Å². The molecule has 0 aliphatic rings. The van der Waals surface area contributed by atoms with Gasteiger partial charge in [-0.1, -0.05) is 90.5 Å². The van der Waals surface area contributed by atoms with E-state index in [1.165, 1.54) is 0 Å². The number of rotatable bonds is 10. The van der Waals surface area contributed by atoms with Crippen LogP contribution < -0.4 is 4.74 Å². The Balaban J connectivity index is 1.90. The summed E-state index contributed by atoms with van der Waals surface area (Å²) < 4.78 is 33.9. The predicted octanol–water partition coefficient (Wildman–Crippen LogP) is 6.76. The van der Waals surface area contributed by atoms with Crippen LogP contribution in [0.25, 0.3) is 11.1 Å². The molecule has 0 aromatic heterocycles. The van der Waals surface area contributed by atoms with Crippen LogP contribution in [-0.4, -0.2) is 45.8 Å². The van der Waals surface area contributed by atoms with Gasteiger partial charge in [0.25, 0.3) is 0 Å². The van der Waals surface area contributed by atoms with E-state index in [9.17, 15) is 8.42 Å². The number of aryl methyl sites for hydroxylation is 1. The highest BCUT2D eigenvalue weighted by molar-refractivity contribution is 7.92. The smallest absolute Gasteiger partial charge is 0.185 e. The van der Waals surface area contributed by atoms with Crippen molar-refractivity contribution in [1.82, 2.24) is 4.90 Å². The Morgan fingerprint density at radius 1 is 0.737 bits per heavy atom. The Hall–Kier alpha value is -3.67. The Bertz CT molecular complexity index is 1460. The molecule has 5 heteroatoms. The van der Waals surface area contributed by atoms with E-state index in [1.807, 2.05) is 118 Å². The van der Waals surface area contributed by atoms with Gasteiger partial charge in [-0.15, -0.1) is 0 Å². The largest absolute Gasteiger partial charge is 0.492 e. The molecular formula is C33H35NO3S. The molecule has 0 aliphatic heterocycles. The van der Waals surface area contributed by atoms with Gasteiger partial charge in [0.2, 0.25) is 0 Å². The average Bonchev–Trinajstić information content (AvgIpc) is 2.93. The third-order valence-electron chi connectivity index (χ3n) is 6.59. The zero-order chi connectivity index (χ0) is 27.1. The standard InChI is InChI=1S/C33H35NO3S/c1-25-15-21-31(22-16-25)38(35,36)26(2)32(27-11-7-5-8-12-27)33(28-13-9-6-10-14-28)29-17-19-30(20-18-29)37-24-23-34(3)4/h5-22,26H,23-24H2,1-4H3/b33-32+. The molecule has 4 nitrogen and oxygen atoms in total. The lowest BCUT2D eigenvalue weighted by Gasteiger charge is -2.23. The molecule has 0 N–H and O–H groups in total. The molecule has 0 heterocycles. The normalized spacial score (nSPS) is 13.2. The van der Waals surface area contributed by atoms with E-state index in [1.54, 1.807) is 19.1 Å². The van der Waals surface area contributed by atoms with Crippen molar-refractivity contribution in [3.8, 4) is 5.75 Å². The SMILES string of the molecule is Cc1ccc(S(=O)(=O)C(C)/C(=C(/c2ccccc2)c2ccc(OCCN(C)C)cc2)c2ccccc2)cc1. The molecule has 4 aromatic carbocycles. The van der Waals surface area contributed by atoms with Gasteiger partial charge in [0.05, 0.1) is 10.1 Å². The fourth-order valence-corrected chi connectivity index (χ4v) is 5.92. The lowest BCUT2D eigenvalue weighted by atomic mass is 9.88. The Kier molecular flexibility index (Phi) is 8.82. The van der Waals surface area contributed by atoms with E-state index in [-0.39, 0.29) is 0 Å². The fraction of sp³-hybridized carbons (Fsp3) is 0.212. The summed E-state index contributed by atoms with van der Waals surface area (Å²) in [6.07, 6.45) is 0. The quantitative estimate of drug-likeness (QED) is 0.215. The van der Waals surface area contributed by atoms with Gasteiger partial charge in [-0.3, -0.25) is 0 Å². The summed E-state index contributed by atoms with van der Waals surface area (Å²) in [5.74, 6) is 0.782. The van der Waals surface area contributed by atoms with Crippen LogP contribution in [0.5, 0.6) is 5.75 Å². The van der Waals surface area contributed by atoms with Crippen LogP contribution in [-0.2, 0) is 9.84 Å². The molecule has 4 aromatic rings. The summed E-state index contributed by atoms with van der Waals surface area (Å²) in [5.41, 5.74) is 5.44. The highest BCUT2D eigenvalue weighted by atomic mass is 32.2. The van der Waals surface area contributed by atoms with Gasteiger partial charge >= 0.3 is 0 Å². The summed E-state index contributed by atoms with van der Waals surface area (Å²) in [6.45, 7) is 5.16. The van der Waals surface area contributed by atoms with Gasteiger partial charge in [0.1, 0.15) is 12.4 Å². The molecule has 0 radical (unpaired) electrons. The Morgan fingerprint density at radius 2 is 1.26 bits per heavy atom. The van der Waals surface area contributed by atoms with E-state index < -0.39 is 15.1 Å². The van der Waals surface area contributed by atoms with Crippen molar-refractivity contribution in [2.24, 2.45) is 0 Å². The van der Waals surface area contributed by atoms with Crippen LogP contribution in [0.1, 0.15) is 29.2 Å². The third-order valence-corrected chi connectivity index (χ3v) is 8.68. The molecule has 0 saturated carbocycles. The number of nitrogens with zero attached hydrogens (tertiary/aromatic N) is 1. The van der Waals surface area contributed by atoms with Crippen molar-refractivity contribution in [3.05, 3.63) is 131 Å². The molecule has 38 heavy (non-hydrogen) atoms. The summed E-state index contributed by atoms with van der Waals surface area (Å²) in [4.78, 5) is 2.40. The maximum Gasteiger partial charge on any atom is 0.185 e. The van der Waals surface area contributed by atoms with Gasteiger partial charge in [0.15, 0.2) is 9.84 Å². The van der Waals surface area contributed by atoms with E-state index in [0.717, 1.165) is 45.7 Å². The summed E-state index contributed by atoms with van der Waals surface area (Å²) in [5, 5.41) is -0.793. The summed E-state index contributed by atoms with van der Waals surface area (Å²) in [6, 6.07) is 34.8. The first-order valence-corrected chi connectivity index (χ1v) is 14.4. The first-order valence-electron chi connectivity index (χ1n) is 12.8. The monoisotopic (exact) mass is 525 g/mol. The minimum atomic E-state index is -3.68. The molecule has 0 fully saturated rings. The average molecular weight is 526 g/mol. The Morgan fingerprint density at radius 3 is 1.82 bits per heavy atom. The highest BCUT2D eigenvalue weighted by Crippen LogP contribution is 2.38. The minimum absolute atomic E-state index is 0.320. The first kappa shape index (κ1) is 27.4. The fourth-order valence-electron chi connectivity index (χ4n) is 4.43. The third kappa shape index (κ3) is 6.42. The van der Waals surface area contributed by atoms with Crippen molar-refractivity contribution in [1.29, 1.82) is 0 Å². The molecule has 0 amide bonds. The van der Waals surface area contributed by atoms with Gasteiger partial charge < -0.3 is 9.64 Å². The van der Waals surface area contributed by atoms with Crippen molar-refractivity contribution >= 4 is 21.0 Å². The number of hydrogen-bond donors (Lipinski definition) is 0.